The first-order valence-corrected chi connectivity index (χ1v) is 5.57. The molecule has 1 aromatic carbocycles. The second-order valence-corrected chi connectivity index (χ2v) is 4.44. The lowest BCUT2D eigenvalue weighted by atomic mass is 10.1. The van der Waals surface area contributed by atoms with Crippen LogP contribution >= 0.6 is 22.6 Å². The molecule has 84 valence electrons. The molecule has 2 rings (SSSR count). The summed E-state index contributed by atoms with van der Waals surface area (Å²) in [6.45, 7) is 0. The van der Waals surface area contributed by atoms with Crippen LogP contribution in [0.25, 0.3) is 11.3 Å². The number of hydrogen-bond donors (Lipinski definition) is 1. The highest BCUT2D eigenvalue weighted by Crippen LogP contribution is 2.31. The van der Waals surface area contributed by atoms with E-state index in [-0.39, 0.29) is 0 Å². The van der Waals surface area contributed by atoms with Gasteiger partial charge in [0.05, 0.1) is 11.3 Å². The van der Waals surface area contributed by atoms with E-state index in [0.29, 0.717) is 0 Å². The molecule has 0 radical (unpaired) electrons. The van der Waals surface area contributed by atoms with Crippen LogP contribution in [0.5, 0.6) is 0 Å². The molecule has 0 amide bonds. The molecule has 0 atom stereocenters. The maximum absolute atomic E-state index is 12.3. The van der Waals surface area contributed by atoms with Crippen molar-refractivity contribution in [2.45, 2.75) is 6.18 Å². The van der Waals surface area contributed by atoms with Gasteiger partial charge < -0.3 is 4.98 Å². The quantitative estimate of drug-likeness (QED) is 0.747. The molecule has 2 aromatic rings. The number of rotatable bonds is 1. The zero-order valence-electron chi connectivity index (χ0n) is 7.98. The standard InChI is InChI=1S/C11H7F3IN/c12-11(13,14)8-3-1-7(2-4-8)10-9(15)5-6-16-10/h1-6,16H. The number of benzene rings is 1. The van der Waals surface area contributed by atoms with E-state index < -0.39 is 11.7 Å². The van der Waals surface area contributed by atoms with Gasteiger partial charge in [0.2, 0.25) is 0 Å². The van der Waals surface area contributed by atoms with Gasteiger partial charge in [-0.25, -0.2) is 0 Å². The summed E-state index contributed by atoms with van der Waals surface area (Å²) in [5.41, 5.74) is 0.967. The van der Waals surface area contributed by atoms with Crippen LogP contribution in [-0.4, -0.2) is 4.98 Å². The number of alkyl halides is 3. The Hall–Kier alpha value is -0.980. The van der Waals surface area contributed by atoms with Crippen molar-refractivity contribution in [3.63, 3.8) is 0 Å². The molecule has 0 saturated carbocycles. The van der Waals surface area contributed by atoms with Crippen LogP contribution in [0.15, 0.2) is 36.5 Å². The highest BCUT2D eigenvalue weighted by molar-refractivity contribution is 14.1. The molecular formula is C11H7F3IN. The van der Waals surface area contributed by atoms with Gasteiger partial charge in [-0.3, -0.25) is 0 Å². The molecule has 5 heteroatoms. The molecule has 0 aliphatic rings. The topological polar surface area (TPSA) is 15.8 Å². The minimum Gasteiger partial charge on any atom is -0.360 e. The van der Waals surface area contributed by atoms with Crippen LogP contribution in [0.2, 0.25) is 0 Å². The zero-order valence-corrected chi connectivity index (χ0v) is 10.1. The second kappa shape index (κ2) is 4.12. The third-order valence-corrected chi connectivity index (χ3v) is 3.10. The Balaban J connectivity index is 2.37. The third-order valence-electron chi connectivity index (χ3n) is 2.20. The van der Waals surface area contributed by atoms with E-state index in [1.165, 1.54) is 12.1 Å². The lowest BCUT2D eigenvalue weighted by Gasteiger charge is -2.07. The highest BCUT2D eigenvalue weighted by atomic mass is 127. The number of nitrogens with one attached hydrogen (secondary N) is 1. The summed E-state index contributed by atoms with van der Waals surface area (Å²) in [6, 6.07) is 6.99. The average molecular weight is 337 g/mol. The molecule has 1 N–H and O–H groups in total. The number of hydrogen-bond acceptors (Lipinski definition) is 0. The van der Waals surface area contributed by atoms with E-state index in [4.69, 9.17) is 0 Å². The Morgan fingerprint density at radius 3 is 2.06 bits per heavy atom. The summed E-state index contributed by atoms with van der Waals surface area (Å²) >= 11 is 2.13. The molecule has 0 bridgehead atoms. The van der Waals surface area contributed by atoms with Gasteiger partial charge in [-0.1, -0.05) is 12.1 Å². The van der Waals surface area contributed by atoms with Crippen molar-refractivity contribution in [2.24, 2.45) is 0 Å². The van der Waals surface area contributed by atoms with E-state index in [2.05, 4.69) is 27.6 Å². The van der Waals surface area contributed by atoms with E-state index in [0.717, 1.165) is 27.0 Å². The first-order valence-electron chi connectivity index (χ1n) is 4.49. The Bertz CT molecular complexity index is 485. The highest BCUT2D eigenvalue weighted by Gasteiger charge is 2.30. The van der Waals surface area contributed by atoms with Crippen LogP contribution in [0.4, 0.5) is 13.2 Å². The van der Waals surface area contributed by atoms with Crippen molar-refractivity contribution in [3.8, 4) is 11.3 Å². The number of aromatic nitrogens is 1. The number of aromatic amines is 1. The van der Waals surface area contributed by atoms with Gasteiger partial charge in [0.1, 0.15) is 0 Å². The molecule has 1 nitrogen and oxygen atoms in total. The molecule has 0 saturated heterocycles. The van der Waals surface area contributed by atoms with Crippen molar-refractivity contribution < 1.29 is 13.2 Å². The molecule has 1 aromatic heterocycles. The largest absolute Gasteiger partial charge is 0.416 e. The molecule has 1 heterocycles. The summed E-state index contributed by atoms with van der Waals surface area (Å²) in [6.07, 6.45) is -2.52. The van der Waals surface area contributed by atoms with Crippen molar-refractivity contribution >= 4 is 22.6 Å². The summed E-state index contributed by atoms with van der Waals surface area (Å²) in [4.78, 5) is 2.99. The van der Waals surface area contributed by atoms with Gasteiger partial charge >= 0.3 is 6.18 Å². The van der Waals surface area contributed by atoms with Crippen molar-refractivity contribution in [1.29, 1.82) is 0 Å². The predicted octanol–water partition coefficient (Wildman–Crippen LogP) is 4.31. The first kappa shape index (κ1) is 11.5. The first-order chi connectivity index (χ1) is 7.48. The molecular weight excluding hydrogens is 330 g/mol. The maximum Gasteiger partial charge on any atom is 0.416 e. The fraction of sp³-hybridized carbons (Fsp3) is 0.0909. The zero-order chi connectivity index (χ0) is 11.8. The van der Waals surface area contributed by atoms with Crippen molar-refractivity contribution in [2.75, 3.05) is 0 Å². The third kappa shape index (κ3) is 2.23. The van der Waals surface area contributed by atoms with Gasteiger partial charge in [0.25, 0.3) is 0 Å². The molecule has 16 heavy (non-hydrogen) atoms. The lowest BCUT2D eigenvalue weighted by Crippen LogP contribution is -2.04. The Morgan fingerprint density at radius 2 is 1.62 bits per heavy atom. The second-order valence-electron chi connectivity index (χ2n) is 3.28. The van der Waals surface area contributed by atoms with E-state index in [1.807, 2.05) is 6.07 Å². The molecule has 0 aliphatic carbocycles. The monoisotopic (exact) mass is 337 g/mol. The lowest BCUT2D eigenvalue weighted by molar-refractivity contribution is -0.137. The number of halogens is 4. The van der Waals surface area contributed by atoms with E-state index in [1.54, 1.807) is 6.20 Å². The molecule has 0 unspecified atom stereocenters. The van der Waals surface area contributed by atoms with Crippen LogP contribution in [-0.2, 0) is 6.18 Å². The molecule has 0 spiro atoms. The van der Waals surface area contributed by atoms with Gasteiger partial charge in [-0.15, -0.1) is 0 Å². The summed E-state index contributed by atoms with van der Waals surface area (Å²) < 4.78 is 38.0. The van der Waals surface area contributed by atoms with E-state index >= 15 is 0 Å². The summed E-state index contributed by atoms with van der Waals surface area (Å²) in [5.74, 6) is 0. The van der Waals surface area contributed by atoms with Crippen LogP contribution in [0.3, 0.4) is 0 Å². The van der Waals surface area contributed by atoms with Crippen LogP contribution in [0, 0.1) is 3.57 Å². The van der Waals surface area contributed by atoms with Crippen molar-refractivity contribution in [3.05, 3.63) is 45.7 Å². The van der Waals surface area contributed by atoms with E-state index in [9.17, 15) is 13.2 Å². The fourth-order valence-corrected chi connectivity index (χ4v) is 2.04. The average Bonchev–Trinajstić information content (AvgIpc) is 2.63. The van der Waals surface area contributed by atoms with Gasteiger partial charge in [0.15, 0.2) is 0 Å². The molecule has 0 fully saturated rings. The fourth-order valence-electron chi connectivity index (χ4n) is 1.40. The smallest absolute Gasteiger partial charge is 0.360 e. The van der Waals surface area contributed by atoms with Crippen LogP contribution in [0.1, 0.15) is 5.56 Å². The van der Waals surface area contributed by atoms with Crippen molar-refractivity contribution in [1.82, 2.24) is 4.98 Å². The normalized spacial score (nSPS) is 11.8. The summed E-state index contributed by atoms with van der Waals surface area (Å²) in [7, 11) is 0. The SMILES string of the molecule is FC(F)(F)c1ccc(-c2[nH]ccc2I)cc1. The molecule has 0 aliphatic heterocycles. The Kier molecular flexibility index (Phi) is 2.96. The Morgan fingerprint density at radius 1 is 1.00 bits per heavy atom. The summed E-state index contributed by atoms with van der Waals surface area (Å²) in [5, 5.41) is 0. The maximum atomic E-state index is 12.3. The van der Waals surface area contributed by atoms with Gasteiger partial charge in [0, 0.05) is 9.77 Å². The van der Waals surface area contributed by atoms with Gasteiger partial charge in [-0.05, 0) is 46.4 Å². The Labute approximate surface area is 104 Å². The minimum atomic E-state index is -4.28. The number of H-pyrrole nitrogens is 1. The van der Waals surface area contributed by atoms with Gasteiger partial charge in [-0.2, -0.15) is 13.2 Å². The minimum absolute atomic E-state index is 0.627. The van der Waals surface area contributed by atoms with Crippen LogP contribution < -0.4 is 0 Å². The predicted molar refractivity (Wildman–Crippen MR) is 63.9 cm³/mol.